The smallest absolute Gasteiger partial charge is 0.337 e. The first kappa shape index (κ1) is 18.6. The predicted molar refractivity (Wildman–Crippen MR) is 88.5 cm³/mol. The van der Waals surface area contributed by atoms with Crippen molar-refractivity contribution in [2.45, 2.75) is 0 Å². The number of nitro groups is 2. The third-order valence-corrected chi connectivity index (χ3v) is 3.22. The average molecular weight is 362 g/mol. The second-order valence-electron chi connectivity index (χ2n) is 4.88. The monoisotopic (exact) mass is 362 g/mol. The van der Waals surface area contributed by atoms with Crippen molar-refractivity contribution in [3.63, 3.8) is 0 Å². The lowest BCUT2D eigenvalue weighted by Crippen LogP contribution is -2.11. The number of esters is 1. The number of nitro benzene ring substituents is 2. The van der Waals surface area contributed by atoms with Crippen molar-refractivity contribution < 1.29 is 28.9 Å². The zero-order valence-electron chi connectivity index (χ0n) is 13.6. The molecular weight excluding hydrogens is 348 g/mol. The van der Waals surface area contributed by atoms with Gasteiger partial charge in [0.2, 0.25) is 0 Å². The van der Waals surface area contributed by atoms with E-state index in [1.165, 1.54) is 43.5 Å². The van der Waals surface area contributed by atoms with Crippen LogP contribution >= 0.6 is 0 Å². The van der Waals surface area contributed by atoms with E-state index in [-0.39, 0.29) is 41.7 Å². The van der Waals surface area contributed by atoms with Gasteiger partial charge in [-0.2, -0.15) is 0 Å². The molecule has 0 saturated carbocycles. The van der Waals surface area contributed by atoms with Gasteiger partial charge in [-0.25, -0.2) is 4.79 Å². The summed E-state index contributed by atoms with van der Waals surface area (Å²) in [5.74, 6) is -0.501. The van der Waals surface area contributed by atoms with E-state index < -0.39 is 15.8 Å². The van der Waals surface area contributed by atoms with Crippen molar-refractivity contribution in [2.24, 2.45) is 0 Å². The van der Waals surface area contributed by atoms with E-state index in [2.05, 4.69) is 4.74 Å². The second-order valence-corrected chi connectivity index (χ2v) is 4.88. The summed E-state index contributed by atoms with van der Waals surface area (Å²) in [6.45, 7) is -0.0884. The molecule has 0 aromatic heterocycles. The predicted octanol–water partition coefficient (Wildman–Crippen LogP) is 2.75. The zero-order chi connectivity index (χ0) is 19.1. The van der Waals surface area contributed by atoms with Gasteiger partial charge in [-0.1, -0.05) is 6.07 Å². The Kier molecular flexibility index (Phi) is 6.04. The first-order chi connectivity index (χ1) is 12.4. The maximum Gasteiger partial charge on any atom is 0.337 e. The van der Waals surface area contributed by atoms with E-state index in [9.17, 15) is 25.0 Å². The molecule has 10 nitrogen and oxygen atoms in total. The SMILES string of the molecule is COC(=O)c1ccc([N+](=O)[O-])c(OCCOc2cccc([N+](=O)[O-])c2)c1. The van der Waals surface area contributed by atoms with E-state index in [0.717, 1.165) is 6.07 Å². The minimum atomic E-state index is -0.655. The highest BCUT2D eigenvalue weighted by Gasteiger charge is 2.18. The number of ether oxygens (including phenoxy) is 3. The average Bonchev–Trinajstić information content (AvgIpc) is 2.64. The summed E-state index contributed by atoms with van der Waals surface area (Å²) in [7, 11) is 1.19. The van der Waals surface area contributed by atoms with Gasteiger partial charge in [0.25, 0.3) is 5.69 Å². The number of carbonyl (C=O) groups is 1. The van der Waals surface area contributed by atoms with Gasteiger partial charge in [0, 0.05) is 18.2 Å². The lowest BCUT2D eigenvalue weighted by Gasteiger charge is -2.09. The summed E-state index contributed by atoms with van der Waals surface area (Å²) in [6, 6.07) is 9.19. The summed E-state index contributed by atoms with van der Waals surface area (Å²) in [5.41, 5.74) is -0.328. The Balaban J connectivity index is 2.02. The molecule has 2 aromatic carbocycles. The summed E-state index contributed by atoms with van der Waals surface area (Å²) in [6.07, 6.45) is 0. The summed E-state index contributed by atoms with van der Waals surface area (Å²) >= 11 is 0. The Morgan fingerprint density at radius 1 is 1.00 bits per heavy atom. The Morgan fingerprint density at radius 3 is 2.38 bits per heavy atom. The quantitative estimate of drug-likeness (QED) is 0.303. The third-order valence-electron chi connectivity index (χ3n) is 3.22. The van der Waals surface area contributed by atoms with Crippen molar-refractivity contribution in [2.75, 3.05) is 20.3 Å². The van der Waals surface area contributed by atoms with Gasteiger partial charge in [-0.05, 0) is 12.1 Å². The fourth-order valence-corrected chi connectivity index (χ4v) is 2.02. The fourth-order valence-electron chi connectivity index (χ4n) is 2.02. The minimum absolute atomic E-state index is 0.0131. The summed E-state index contributed by atoms with van der Waals surface area (Å²) in [5, 5.41) is 21.7. The van der Waals surface area contributed by atoms with Crippen LogP contribution in [0.1, 0.15) is 10.4 Å². The van der Waals surface area contributed by atoms with Crippen LogP contribution in [0.15, 0.2) is 42.5 Å². The molecule has 0 fully saturated rings. The number of hydrogen-bond acceptors (Lipinski definition) is 8. The number of non-ortho nitro benzene ring substituents is 1. The van der Waals surface area contributed by atoms with Crippen molar-refractivity contribution in [3.8, 4) is 11.5 Å². The molecule has 0 atom stereocenters. The standard InChI is InChI=1S/C16H14N2O8/c1-24-16(19)11-5-6-14(18(22)23)15(9-11)26-8-7-25-13-4-2-3-12(10-13)17(20)21/h2-6,9-10H,7-8H2,1H3. The van der Waals surface area contributed by atoms with Crippen molar-refractivity contribution in [3.05, 3.63) is 68.3 Å². The summed E-state index contributed by atoms with van der Waals surface area (Å²) < 4.78 is 15.2. The van der Waals surface area contributed by atoms with Crippen molar-refractivity contribution in [1.29, 1.82) is 0 Å². The maximum absolute atomic E-state index is 11.5. The van der Waals surface area contributed by atoms with Gasteiger partial charge in [0.15, 0.2) is 5.75 Å². The molecule has 0 aliphatic rings. The lowest BCUT2D eigenvalue weighted by molar-refractivity contribution is -0.385. The topological polar surface area (TPSA) is 131 Å². The van der Waals surface area contributed by atoms with Crippen molar-refractivity contribution >= 4 is 17.3 Å². The molecular formula is C16H14N2O8. The highest BCUT2D eigenvalue weighted by molar-refractivity contribution is 5.90. The number of carbonyl (C=O) groups excluding carboxylic acids is 1. The highest BCUT2D eigenvalue weighted by Crippen LogP contribution is 2.28. The van der Waals surface area contributed by atoms with Gasteiger partial charge in [0.05, 0.1) is 28.6 Å². The third kappa shape index (κ3) is 4.66. The number of benzene rings is 2. The van der Waals surface area contributed by atoms with Crippen LogP contribution in [-0.4, -0.2) is 36.1 Å². The van der Waals surface area contributed by atoms with Crippen LogP contribution in [0.2, 0.25) is 0 Å². The molecule has 0 amide bonds. The fraction of sp³-hybridized carbons (Fsp3) is 0.188. The van der Waals surface area contributed by atoms with E-state index in [1.807, 2.05) is 0 Å². The van der Waals surface area contributed by atoms with Gasteiger partial charge < -0.3 is 14.2 Å². The zero-order valence-corrected chi connectivity index (χ0v) is 13.6. The van der Waals surface area contributed by atoms with Gasteiger partial charge in [0.1, 0.15) is 19.0 Å². The van der Waals surface area contributed by atoms with Gasteiger partial charge in [-0.15, -0.1) is 0 Å². The van der Waals surface area contributed by atoms with Gasteiger partial charge in [-0.3, -0.25) is 20.2 Å². The van der Waals surface area contributed by atoms with E-state index >= 15 is 0 Å². The van der Waals surface area contributed by atoms with Crippen LogP contribution in [0.25, 0.3) is 0 Å². The molecule has 10 heteroatoms. The molecule has 0 radical (unpaired) electrons. The molecule has 136 valence electrons. The van der Waals surface area contributed by atoms with Crippen molar-refractivity contribution in [1.82, 2.24) is 0 Å². The molecule has 2 rings (SSSR count). The molecule has 0 spiro atoms. The molecule has 0 aliphatic heterocycles. The van der Waals surface area contributed by atoms with E-state index in [1.54, 1.807) is 0 Å². The van der Waals surface area contributed by atoms with Crippen LogP contribution in [-0.2, 0) is 4.74 Å². The highest BCUT2D eigenvalue weighted by atomic mass is 16.6. The number of methoxy groups -OCH3 is 1. The molecule has 2 aromatic rings. The Hall–Kier alpha value is -3.69. The maximum atomic E-state index is 11.5. The Bertz CT molecular complexity index is 837. The normalized spacial score (nSPS) is 10.0. The van der Waals surface area contributed by atoms with Crippen LogP contribution in [0.5, 0.6) is 11.5 Å². The van der Waals surface area contributed by atoms with Crippen LogP contribution < -0.4 is 9.47 Å². The van der Waals surface area contributed by atoms with Crippen LogP contribution in [0, 0.1) is 20.2 Å². The second kappa shape index (κ2) is 8.42. The number of hydrogen-bond donors (Lipinski definition) is 0. The van der Waals surface area contributed by atoms with E-state index in [0.29, 0.717) is 0 Å². The molecule has 26 heavy (non-hydrogen) atoms. The molecule has 0 heterocycles. The largest absolute Gasteiger partial charge is 0.490 e. The first-order valence-electron chi connectivity index (χ1n) is 7.29. The lowest BCUT2D eigenvalue weighted by atomic mass is 10.2. The Morgan fingerprint density at radius 2 is 1.73 bits per heavy atom. The van der Waals surface area contributed by atoms with Crippen LogP contribution in [0.4, 0.5) is 11.4 Å². The summed E-state index contributed by atoms with van der Waals surface area (Å²) in [4.78, 5) is 32.1. The Labute approximate surface area is 147 Å². The molecule has 0 unspecified atom stereocenters. The molecule has 0 bridgehead atoms. The van der Waals surface area contributed by atoms with E-state index in [4.69, 9.17) is 9.47 Å². The minimum Gasteiger partial charge on any atom is -0.490 e. The molecule has 0 N–H and O–H groups in total. The number of nitrogens with zero attached hydrogens (tertiary/aromatic N) is 2. The van der Waals surface area contributed by atoms with Gasteiger partial charge >= 0.3 is 11.7 Å². The number of rotatable bonds is 8. The first-order valence-corrected chi connectivity index (χ1v) is 7.29. The molecule has 0 saturated heterocycles. The van der Waals surface area contributed by atoms with Crippen LogP contribution in [0.3, 0.4) is 0 Å². The molecule has 0 aliphatic carbocycles.